The Bertz CT molecular complexity index is 211. The lowest BCUT2D eigenvalue weighted by Gasteiger charge is -2.29. The van der Waals surface area contributed by atoms with Crippen molar-refractivity contribution >= 4 is 0 Å². The maximum Gasteiger partial charge on any atom is 0.107 e. The lowest BCUT2D eigenvalue weighted by molar-refractivity contribution is 0.312. The van der Waals surface area contributed by atoms with Gasteiger partial charge in [-0.3, -0.25) is 5.32 Å². The van der Waals surface area contributed by atoms with Crippen LogP contribution in [0.15, 0.2) is 12.7 Å². The maximum absolute atomic E-state index is 9.13. The van der Waals surface area contributed by atoms with Crippen LogP contribution in [-0.4, -0.2) is 12.1 Å². The van der Waals surface area contributed by atoms with Gasteiger partial charge in [0, 0.05) is 6.54 Å². The molecular formula is C11H18N2. The summed E-state index contributed by atoms with van der Waals surface area (Å²) in [6.45, 7) is 6.38. The van der Waals surface area contributed by atoms with Gasteiger partial charge in [0.05, 0.1) is 6.07 Å². The molecule has 1 unspecified atom stereocenters. The molecule has 1 aliphatic carbocycles. The molecule has 0 aromatic rings. The van der Waals surface area contributed by atoms with Crippen LogP contribution in [0.4, 0.5) is 0 Å². The highest BCUT2D eigenvalue weighted by Crippen LogP contribution is 2.33. The van der Waals surface area contributed by atoms with E-state index in [0.717, 1.165) is 6.54 Å². The van der Waals surface area contributed by atoms with Crippen LogP contribution in [0.25, 0.3) is 0 Å². The van der Waals surface area contributed by atoms with Crippen molar-refractivity contribution in [3.63, 3.8) is 0 Å². The highest BCUT2D eigenvalue weighted by molar-refractivity contribution is 5.09. The smallest absolute Gasteiger partial charge is 0.107 e. The summed E-state index contributed by atoms with van der Waals surface area (Å²) >= 11 is 0. The number of nitrogens with zero attached hydrogens (tertiary/aromatic N) is 1. The van der Waals surface area contributed by atoms with E-state index in [2.05, 4.69) is 18.0 Å². The summed E-state index contributed by atoms with van der Waals surface area (Å²) in [6, 6.07) is 2.40. The van der Waals surface area contributed by atoms with Crippen LogP contribution in [0.1, 0.15) is 32.6 Å². The molecule has 0 saturated heterocycles. The van der Waals surface area contributed by atoms with E-state index in [1.807, 2.05) is 13.0 Å². The molecule has 1 saturated carbocycles. The van der Waals surface area contributed by atoms with E-state index in [9.17, 15) is 0 Å². The third-order valence-corrected chi connectivity index (χ3v) is 3.02. The Hall–Kier alpha value is -0.810. The Balaban J connectivity index is 2.57. The van der Waals surface area contributed by atoms with E-state index < -0.39 is 0 Å². The molecular weight excluding hydrogens is 160 g/mol. The van der Waals surface area contributed by atoms with Crippen LogP contribution in [-0.2, 0) is 0 Å². The SMILES string of the molecule is C=CCNC(C)(C#N)C1CCCC1. The second kappa shape index (κ2) is 4.43. The fraction of sp³-hybridized carbons (Fsp3) is 0.727. The standard InChI is InChI=1S/C11H18N2/c1-3-8-13-11(2,9-12)10-6-4-5-7-10/h3,10,13H,1,4-8H2,2H3. The first-order valence-corrected chi connectivity index (χ1v) is 5.00. The zero-order valence-corrected chi connectivity index (χ0v) is 8.34. The first-order chi connectivity index (χ1) is 6.23. The van der Waals surface area contributed by atoms with Gasteiger partial charge in [0.15, 0.2) is 0 Å². The minimum atomic E-state index is -0.343. The van der Waals surface area contributed by atoms with Gasteiger partial charge in [0.1, 0.15) is 5.54 Å². The van der Waals surface area contributed by atoms with Crippen molar-refractivity contribution in [3.05, 3.63) is 12.7 Å². The van der Waals surface area contributed by atoms with E-state index >= 15 is 0 Å². The molecule has 1 N–H and O–H groups in total. The number of hydrogen-bond acceptors (Lipinski definition) is 2. The monoisotopic (exact) mass is 178 g/mol. The highest BCUT2D eigenvalue weighted by Gasteiger charge is 2.35. The van der Waals surface area contributed by atoms with Crippen LogP contribution >= 0.6 is 0 Å². The predicted molar refractivity (Wildman–Crippen MR) is 54.2 cm³/mol. The van der Waals surface area contributed by atoms with Gasteiger partial charge in [-0.1, -0.05) is 18.9 Å². The summed E-state index contributed by atoms with van der Waals surface area (Å²) in [7, 11) is 0. The van der Waals surface area contributed by atoms with Crippen LogP contribution in [0.2, 0.25) is 0 Å². The zero-order valence-electron chi connectivity index (χ0n) is 8.34. The van der Waals surface area contributed by atoms with E-state index in [0.29, 0.717) is 5.92 Å². The molecule has 1 aliphatic rings. The molecule has 0 bridgehead atoms. The topological polar surface area (TPSA) is 35.8 Å². The fourth-order valence-corrected chi connectivity index (χ4v) is 2.06. The molecule has 2 heteroatoms. The summed E-state index contributed by atoms with van der Waals surface area (Å²) in [5.74, 6) is 0.525. The van der Waals surface area contributed by atoms with Crippen LogP contribution in [0.3, 0.4) is 0 Å². The molecule has 2 nitrogen and oxygen atoms in total. The average Bonchev–Trinajstić information content (AvgIpc) is 2.67. The fourth-order valence-electron chi connectivity index (χ4n) is 2.06. The van der Waals surface area contributed by atoms with Crippen molar-refractivity contribution < 1.29 is 0 Å². The van der Waals surface area contributed by atoms with E-state index in [4.69, 9.17) is 5.26 Å². The highest BCUT2D eigenvalue weighted by atomic mass is 15.0. The third-order valence-electron chi connectivity index (χ3n) is 3.02. The Labute approximate surface area is 80.6 Å². The molecule has 0 aromatic heterocycles. The van der Waals surface area contributed by atoms with Gasteiger partial charge in [-0.05, 0) is 25.7 Å². The lowest BCUT2D eigenvalue weighted by Crippen LogP contribution is -2.46. The van der Waals surface area contributed by atoms with Crippen molar-refractivity contribution in [3.8, 4) is 6.07 Å². The quantitative estimate of drug-likeness (QED) is 0.670. The predicted octanol–water partition coefficient (Wildman–Crippen LogP) is 2.23. The van der Waals surface area contributed by atoms with Crippen molar-refractivity contribution in [1.82, 2.24) is 5.32 Å². The van der Waals surface area contributed by atoms with E-state index in [1.54, 1.807) is 0 Å². The molecule has 13 heavy (non-hydrogen) atoms. The molecule has 72 valence electrons. The van der Waals surface area contributed by atoms with Gasteiger partial charge in [-0.25, -0.2) is 0 Å². The number of hydrogen-bond donors (Lipinski definition) is 1. The Kier molecular flexibility index (Phi) is 3.50. The molecule has 0 heterocycles. The zero-order chi connectivity index (χ0) is 9.73. The van der Waals surface area contributed by atoms with Gasteiger partial charge in [0.25, 0.3) is 0 Å². The Morgan fingerprint density at radius 2 is 2.23 bits per heavy atom. The maximum atomic E-state index is 9.13. The van der Waals surface area contributed by atoms with Gasteiger partial charge in [-0.15, -0.1) is 6.58 Å². The molecule has 0 spiro atoms. The summed E-state index contributed by atoms with van der Waals surface area (Å²) in [5, 5.41) is 12.4. The van der Waals surface area contributed by atoms with E-state index in [1.165, 1.54) is 25.7 Å². The van der Waals surface area contributed by atoms with Crippen molar-refractivity contribution in [1.29, 1.82) is 5.26 Å². The second-order valence-electron chi connectivity index (χ2n) is 3.97. The van der Waals surface area contributed by atoms with Crippen molar-refractivity contribution in [2.45, 2.75) is 38.1 Å². The van der Waals surface area contributed by atoms with Gasteiger partial charge in [-0.2, -0.15) is 5.26 Å². The third kappa shape index (κ3) is 2.32. The van der Waals surface area contributed by atoms with E-state index in [-0.39, 0.29) is 5.54 Å². The van der Waals surface area contributed by atoms with Gasteiger partial charge >= 0.3 is 0 Å². The second-order valence-corrected chi connectivity index (χ2v) is 3.97. The first-order valence-electron chi connectivity index (χ1n) is 5.00. The van der Waals surface area contributed by atoms with Crippen LogP contribution in [0, 0.1) is 17.2 Å². The average molecular weight is 178 g/mol. The van der Waals surface area contributed by atoms with Crippen LogP contribution < -0.4 is 5.32 Å². The molecule has 1 rings (SSSR count). The molecule has 0 radical (unpaired) electrons. The van der Waals surface area contributed by atoms with Crippen LogP contribution in [0.5, 0.6) is 0 Å². The molecule has 0 amide bonds. The van der Waals surface area contributed by atoms with Crippen molar-refractivity contribution in [2.75, 3.05) is 6.54 Å². The number of rotatable bonds is 4. The van der Waals surface area contributed by atoms with Gasteiger partial charge < -0.3 is 0 Å². The number of nitriles is 1. The minimum absolute atomic E-state index is 0.343. The molecule has 1 atom stereocenters. The lowest BCUT2D eigenvalue weighted by atomic mass is 9.85. The summed E-state index contributed by atoms with van der Waals surface area (Å²) in [4.78, 5) is 0. The minimum Gasteiger partial charge on any atom is -0.296 e. The van der Waals surface area contributed by atoms with Gasteiger partial charge in [0.2, 0.25) is 0 Å². The normalized spacial score (nSPS) is 22.2. The number of nitrogens with one attached hydrogen (secondary N) is 1. The molecule has 1 fully saturated rings. The Morgan fingerprint density at radius 3 is 2.69 bits per heavy atom. The first kappa shape index (κ1) is 10.3. The summed E-state index contributed by atoms with van der Waals surface area (Å²) < 4.78 is 0. The van der Waals surface area contributed by atoms with Crippen molar-refractivity contribution in [2.24, 2.45) is 5.92 Å². The molecule has 0 aromatic carbocycles. The summed E-state index contributed by atoms with van der Waals surface area (Å²) in [5.41, 5.74) is -0.343. The Morgan fingerprint density at radius 1 is 1.62 bits per heavy atom. The largest absolute Gasteiger partial charge is 0.296 e. The molecule has 0 aliphatic heterocycles. The summed E-state index contributed by atoms with van der Waals surface area (Å²) in [6.07, 6.45) is 6.74.